The van der Waals surface area contributed by atoms with Crippen LogP contribution in [0.15, 0.2) is 51.7 Å². The largest absolute Gasteiger partial charge is 0.394 e. The molecule has 0 aliphatic rings. The SMILES string of the molecule is O=C(Nc1cncc(Br)c1Br)N[C@@H](CO)Cc1ccccc1. The van der Waals surface area contributed by atoms with E-state index in [2.05, 4.69) is 47.5 Å². The third kappa shape index (κ3) is 4.79. The van der Waals surface area contributed by atoms with E-state index in [1.807, 2.05) is 30.3 Å². The van der Waals surface area contributed by atoms with E-state index >= 15 is 0 Å². The fraction of sp³-hybridized carbons (Fsp3) is 0.200. The Balaban J connectivity index is 1.96. The lowest BCUT2D eigenvalue weighted by Gasteiger charge is -2.17. The van der Waals surface area contributed by atoms with E-state index in [1.165, 1.54) is 0 Å². The number of anilines is 1. The first kappa shape index (κ1) is 16.9. The highest BCUT2D eigenvalue weighted by molar-refractivity contribution is 9.13. The molecule has 0 fully saturated rings. The number of pyridine rings is 1. The number of carbonyl (C=O) groups is 1. The number of carbonyl (C=O) groups excluding carboxylic acids is 1. The number of aliphatic hydroxyl groups is 1. The molecule has 1 atom stereocenters. The molecule has 22 heavy (non-hydrogen) atoms. The molecule has 2 amide bonds. The molecule has 2 aromatic rings. The van der Waals surface area contributed by atoms with E-state index in [0.717, 1.165) is 10.0 Å². The van der Waals surface area contributed by atoms with Gasteiger partial charge in [-0.15, -0.1) is 0 Å². The van der Waals surface area contributed by atoms with E-state index in [9.17, 15) is 9.90 Å². The summed E-state index contributed by atoms with van der Waals surface area (Å²) in [6, 6.07) is 8.93. The lowest BCUT2D eigenvalue weighted by atomic mass is 10.1. The summed E-state index contributed by atoms with van der Waals surface area (Å²) in [5, 5.41) is 14.9. The van der Waals surface area contributed by atoms with Crippen LogP contribution in [0.1, 0.15) is 5.56 Å². The minimum absolute atomic E-state index is 0.139. The number of hydrogen-bond acceptors (Lipinski definition) is 3. The van der Waals surface area contributed by atoms with Crippen LogP contribution in [0.5, 0.6) is 0 Å². The van der Waals surface area contributed by atoms with E-state index < -0.39 is 6.03 Å². The van der Waals surface area contributed by atoms with E-state index in [-0.39, 0.29) is 12.6 Å². The summed E-state index contributed by atoms with van der Waals surface area (Å²) in [7, 11) is 0. The zero-order chi connectivity index (χ0) is 15.9. The maximum atomic E-state index is 12.0. The summed E-state index contributed by atoms with van der Waals surface area (Å²) in [5.74, 6) is 0. The van der Waals surface area contributed by atoms with Gasteiger partial charge in [-0.3, -0.25) is 4.98 Å². The zero-order valence-electron chi connectivity index (χ0n) is 11.6. The van der Waals surface area contributed by atoms with Crippen LogP contribution in [0.2, 0.25) is 0 Å². The van der Waals surface area contributed by atoms with Crippen LogP contribution in [0, 0.1) is 0 Å². The Morgan fingerprint density at radius 1 is 1.23 bits per heavy atom. The minimum Gasteiger partial charge on any atom is -0.394 e. The van der Waals surface area contributed by atoms with Crippen LogP contribution in [0.4, 0.5) is 10.5 Å². The van der Waals surface area contributed by atoms with Crippen LogP contribution in [-0.2, 0) is 6.42 Å². The van der Waals surface area contributed by atoms with Gasteiger partial charge in [0.25, 0.3) is 0 Å². The molecule has 0 saturated carbocycles. The van der Waals surface area contributed by atoms with Crippen LogP contribution >= 0.6 is 31.9 Å². The molecular formula is C15H15Br2N3O2. The van der Waals surface area contributed by atoms with Crippen LogP contribution in [0.25, 0.3) is 0 Å². The van der Waals surface area contributed by atoms with Crippen molar-refractivity contribution in [3.63, 3.8) is 0 Å². The van der Waals surface area contributed by atoms with Crippen molar-refractivity contribution in [2.24, 2.45) is 0 Å². The highest BCUT2D eigenvalue weighted by Gasteiger charge is 2.14. The molecule has 1 aromatic heterocycles. The minimum atomic E-state index is -0.393. The monoisotopic (exact) mass is 427 g/mol. The maximum absolute atomic E-state index is 12.0. The Morgan fingerprint density at radius 2 is 1.95 bits per heavy atom. The van der Waals surface area contributed by atoms with Gasteiger partial charge in [-0.1, -0.05) is 30.3 Å². The predicted molar refractivity (Wildman–Crippen MR) is 92.8 cm³/mol. The molecule has 0 aliphatic carbocycles. The molecule has 0 unspecified atom stereocenters. The Labute approximate surface area is 145 Å². The molecule has 0 saturated heterocycles. The van der Waals surface area contributed by atoms with Gasteiger partial charge >= 0.3 is 6.03 Å². The number of aliphatic hydroxyl groups excluding tert-OH is 1. The van der Waals surface area contributed by atoms with Crippen molar-refractivity contribution in [2.75, 3.05) is 11.9 Å². The lowest BCUT2D eigenvalue weighted by Crippen LogP contribution is -2.41. The quantitative estimate of drug-likeness (QED) is 0.683. The number of urea groups is 1. The molecule has 0 spiro atoms. The van der Waals surface area contributed by atoms with Gasteiger partial charge in [0.1, 0.15) is 0 Å². The fourth-order valence-corrected chi connectivity index (χ4v) is 2.55. The number of benzene rings is 1. The molecule has 116 valence electrons. The summed E-state index contributed by atoms with van der Waals surface area (Å²) >= 11 is 6.69. The first-order chi connectivity index (χ1) is 10.6. The first-order valence-corrected chi connectivity index (χ1v) is 8.20. The summed E-state index contributed by atoms with van der Waals surface area (Å²) in [5.41, 5.74) is 1.59. The highest BCUT2D eigenvalue weighted by atomic mass is 79.9. The fourth-order valence-electron chi connectivity index (χ4n) is 1.91. The maximum Gasteiger partial charge on any atom is 0.319 e. The molecule has 0 radical (unpaired) electrons. The van der Waals surface area contributed by atoms with Crippen molar-refractivity contribution in [3.8, 4) is 0 Å². The van der Waals surface area contributed by atoms with Gasteiger partial charge < -0.3 is 15.7 Å². The van der Waals surface area contributed by atoms with Crippen molar-refractivity contribution in [2.45, 2.75) is 12.5 Å². The summed E-state index contributed by atoms with van der Waals surface area (Å²) < 4.78 is 1.45. The molecule has 1 heterocycles. The summed E-state index contributed by atoms with van der Waals surface area (Å²) in [6.45, 7) is -0.139. The van der Waals surface area contributed by atoms with Crippen LogP contribution in [-0.4, -0.2) is 28.8 Å². The van der Waals surface area contributed by atoms with Crippen molar-refractivity contribution in [1.29, 1.82) is 0 Å². The second kappa shape index (κ2) is 8.26. The number of halogens is 2. The zero-order valence-corrected chi connectivity index (χ0v) is 14.8. The van der Waals surface area contributed by atoms with Crippen molar-refractivity contribution in [1.82, 2.24) is 10.3 Å². The second-order valence-corrected chi connectivity index (χ2v) is 6.30. The molecule has 0 aliphatic heterocycles. The predicted octanol–water partition coefficient (Wildman–Crippen LogP) is 3.33. The van der Waals surface area contributed by atoms with E-state index in [4.69, 9.17) is 0 Å². The van der Waals surface area contributed by atoms with Crippen LogP contribution < -0.4 is 10.6 Å². The third-order valence-electron chi connectivity index (χ3n) is 2.97. The number of nitrogens with zero attached hydrogens (tertiary/aromatic N) is 1. The summed E-state index contributed by atoms with van der Waals surface area (Å²) in [4.78, 5) is 16.0. The number of aromatic nitrogens is 1. The van der Waals surface area contributed by atoms with Crippen LogP contribution in [0.3, 0.4) is 0 Å². The van der Waals surface area contributed by atoms with E-state index in [0.29, 0.717) is 16.6 Å². The smallest absolute Gasteiger partial charge is 0.319 e. The van der Waals surface area contributed by atoms with Gasteiger partial charge in [0.2, 0.25) is 0 Å². The van der Waals surface area contributed by atoms with Gasteiger partial charge in [0.05, 0.1) is 33.5 Å². The summed E-state index contributed by atoms with van der Waals surface area (Å²) in [6.07, 6.45) is 3.72. The normalized spacial score (nSPS) is 11.8. The Morgan fingerprint density at radius 3 is 2.64 bits per heavy atom. The lowest BCUT2D eigenvalue weighted by molar-refractivity contribution is 0.224. The van der Waals surface area contributed by atoms with Crippen molar-refractivity contribution in [3.05, 3.63) is 57.2 Å². The number of amides is 2. The number of rotatable bonds is 5. The Kier molecular flexibility index (Phi) is 6.35. The molecular weight excluding hydrogens is 414 g/mol. The second-order valence-electron chi connectivity index (χ2n) is 4.65. The van der Waals surface area contributed by atoms with Gasteiger partial charge in [-0.25, -0.2) is 4.79 Å². The average molecular weight is 429 g/mol. The molecule has 1 aromatic carbocycles. The first-order valence-electron chi connectivity index (χ1n) is 6.61. The molecule has 0 bridgehead atoms. The highest BCUT2D eigenvalue weighted by Crippen LogP contribution is 2.29. The van der Waals surface area contributed by atoms with E-state index in [1.54, 1.807) is 12.4 Å². The molecule has 7 heteroatoms. The number of hydrogen-bond donors (Lipinski definition) is 3. The van der Waals surface area contributed by atoms with Gasteiger partial charge in [-0.05, 0) is 43.8 Å². The molecule has 3 N–H and O–H groups in total. The Hall–Kier alpha value is -1.44. The number of nitrogens with one attached hydrogen (secondary N) is 2. The standard InChI is InChI=1S/C15H15Br2N3O2/c16-12-7-18-8-13(14(12)17)20-15(22)19-11(9-21)6-10-4-2-1-3-5-10/h1-5,7-8,11,21H,6,9H2,(H2,19,20,22)/t11-/m1/s1. The van der Waals surface area contributed by atoms with Gasteiger partial charge in [-0.2, -0.15) is 0 Å². The molecule has 2 rings (SSSR count). The van der Waals surface area contributed by atoms with Gasteiger partial charge in [0.15, 0.2) is 0 Å². The van der Waals surface area contributed by atoms with Crippen molar-refractivity contribution < 1.29 is 9.90 Å². The van der Waals surface area contributed by atoms with Gasteiger partial charge in [0, 0.05) is 6.20 Å². The van der Waals surface area contributed by atoms with Crippen molar-refractivity contribution >= 4 is 43.6 Å². The topological polar surface area (TPSA) is 74.2 Å². The third-order valence-corrected chi connectivity index (χ3v) is 4.95. The Bertz CT molecular complexity index is 638. The average Bonchev–Trinajstić information content (AvgIpc) is 2.52. The molecule has 5 nitrogen and oxygen atoms in total.